The van der Waals surface area contributed by atoms with Crippen LogP contribution in [0.2, 0.25) is 0 Å². The average molecular weight is 325 g/mol. The lowest BCUT2D eigenvalue weighted by Crippen LogP contribution is -2.26. The van der Waals surface area contributed by atoms with Crippen molar-refractivity contribution in [1.29, 1.82) is 0 Å². The molecule has 4 unspecified atom stereocenters. The van der Waals surface area contributed by atoms with E-state index in [9.17, 15) is 0 Å². The average Bonchev–Trinajstić information content (AvgIpc) is 2.27. The van der Waals surface area contributed by atoms with Crippen molar-refractivity contribution in [2.45, 2.75) is 63.3 Å². The maximum absolute atomic E-state index is 3.32. The number of hydrogen-bond acceptors (Lipinski definition) is 1. The molecular weight excluding hydrogens is 297 g/mol. The molecule has 0 aromatic carbocycles. The molecule has 0 saturated carbocycles. The van der Waals surface area contributed by atoms with Crippen LogP contribution in [0.3, 0.4) is 0 Å². The molecule has 0 bridgehead atoms. The smallest absolute Gasteiger partial charge is 0.0163 e. The van der Waals surface area contributed by atoms with Crippen molar-refractivity contribution in [3.8, 4) is 0 Å². The molecular formula is C13H28IN. The third-order valence-corrected chi connectivity index (χ3v) is 5.87. The Labute approximate surface area is 110 Å². The van der Waals surface area contributed by atoms with Crippen molar-refractivity contribution >= 4 is 22.6 Å². The van der Waals surface area contributed by atoms with E-state index in [1.807, 2.05) is 0 Å². The molecule has 0 aliphatic rings. The van der Waals surface area contributed by atoms with E-state index in [0.717, 1.165) is 15.8 Å². The van der Waals surface area contributed by atoms with E-state index in [0.29, 0.717) is 6.04 Å². The third-order valence-electron chi connectivity index (χ3n) is 3.63. The van der Waals surface area contributed by atoms with Crippen LogP contribution in [0.15, 0.2) is 0 Å². The van der Waals surface area contributed by atoms with Crippen molar-refractivity contribution in [1.82, 2.24) is 5.32 Å². The van der Waals surface area contributed by atoms with Crippen LogP contribution in [0.4, 0.5) is 0 Å². The quantitative estimate of drug-likeness (QED) is 0.520. The van der Waals surface area contributed by atoms with Crippen LogP contribution in [-0.2, 0) is 0 Å². The van der Waals surface area contributed by atoms with E-state index in [-0.39, 0.29) is 0 Å². The molecule has 0 aromatic heterocycles. The van der Waals surface area contributed by atoms with Gasteiger partial charge in [-0.3, -0.25) is 0 Å². The van der Waals surface area contributed by atoms with E-state index in [4.69, 9.17) is 0 Å². The van der Waals surface area contributed by atoms with Crippen molar-refractivity contribution in [2.24, 2.45) is 11.8 Å². The molecule has 92 valence electrons. The first kappa shape index (κ1) is 15.7. The van der Waals surface area contributed by atoms with E-state index in [1.165, 1.54) is 25.7 Å². The molecule has 2 heteroatoms. The highest BCUT2D eigenvalue weighted by molar-refractivity contribution is 14.1. The summed E-state index contributed by atoms with van der Waals surface area (Å²) in [5.41, 5.74) is 0. The third kappa shape index (κ3) is 6.10. The lowest BCUT2D eigenvalue weighted by atomic mass is 9.88. The number of rotatable bonds is 8. The first-order valence-corrected chi connectivity index (χ1v) is 7.62. The minimum Gasteiger partial charge on any atom is -0.317 e. The molecule has 1 N–H and O–H groups in total. The lowest BCUT2D eigenvalue weighted by molar-refractivity contribution is 0.357. The predicted octanol–water partition coefficient (Wildman–Crippen LogP) is 4.25. The van der Waals surface area contributed by atoms with E-state index >= 15 is 0 Å². The monoisotopic (exact) mass is 325 g/mol. The summed E-state index contributed by atoms with van der Waals surface area (Å²) < 4.78 is 0.849. The Kier molecular flexibility index (Phi) is 9.20. The molecule has 0 aliphatic heterocycles. The number of nitrogens with one attached hydrogen (secondary N) is 1. The molecule has 15 heavy (non-hydrogen) atoms. The van der Waals surface area contributed by atoms with Crippen LogP contribution in [0.25, 0.3) is 0 Å². The van der Waals surface area contributed by atoms with Gasteiger partial charge in [-0.25, -0.2) is 0 Å². The number of alkyl halides is 1. The van der Waals surface area contributed by atoms with Gasteiger partial charge in [0.2, 0.25) is 0 Å². The standard InChI is InChI=1S/C13H28IN/c1-6-10(3)13(14)12(7-2)9-8-11(4)15-5/h10-13,15H,6-9H2,1-5H3. The van der Waals surface area contributed by atoms with Gasteiger partial charge < -0.3 is 5.32 Å². The second kappa shape index (κ2) is 8.80. The molecule has 1 nitrogen and oxygen atoms in total. The zero-order valence-electron chi connectivity index (χ0n) is 11.0. The zero-order chi connectivity index (χ0) is 11.8. The highest BCUT2D eigenvalue weighted by atomic mass is 127. The van der Waals surface area contributed by atoms with Gasteiger partial charge in [0.1, 0.15) is 0 Å². The Morgan fingerprint density at radius 2 is 1.67 bits per heavy atom. The summed E-state index contributed by atoms with van der Waals surface area (Å²) in [7, 11) is 2.06. The molecule has 0 aliphatic carbocycles. The molecule has 0 saturated heterocycles. The van der Waals surface area contributed by atoms with Crippen molar-refractivity contribution < 1.29 is 0 Å². The highest BCUT2D eigenvalue weighted by Crippen LogP contribution is 2.30. The van der Waals surface area contributed by atoms with Crippen LogP contribution in [0.1, 0.15) is 53.4 Å². The molecule has 0 fully saturated rings. The Morgan fingerprint density at radius 1 is 1.07 bits per heavy atom. The van der Waals surface area contributed by atoms with Crippen LogP contribution in [-0.4, -0.2) is 17.0 Å². The van der Waals surface area contributed by atoms with Gasteiger partial charge in [0.25, 0.3) is 0 Å². The largest absolute Gasteiger partial charge is 0.317 e. The first-order valence-electron chi connectivity index (χ1n) is 6.38. The second-order valence-electron chi connectivity index (χ2n) is 4.77. The summed E-state index contributed by atoms with van der Waals surface area (Å²) in [4.78, 5) is 0. The summed E-state index contributed by atoms with van der Waals surface area (Å²) in [6, 6.07) is 0.666. The van der Waals surface area contributed by atoms with Crippen molar-refractivity contribution in [3.63, 3.8) is 0 Å². The Morgan fingerprint density at radius 3 is 2.07 bits per heavy atom. The van der Waals surface area contributed by atoms with Gasteiger partial charge in [0.15, 0.2) is 0 Å². The van der Waals surface area contributed by atoms with Crippen LogP contribution in [0, 0.1) is 11.8 Å². The normalized spacial score (nSPS) is 19.6. The lowest BCUT2D eigenvalue weighted by Gasteiger charge is -2.27. The fraction of sp³-hybridized carbons (Fsp3) is 1.00. The summed E-state index contributed by atoms with van der Waals surface area (Å²) in [6.45, 7) is 9.31. The Bertz CT molecular complexity index is 149. The van der Waals surface area contributed by atoms with Crippen LogP contribution in [0.5, 0.6) is 0 Å². The van der Waals surface area contributed by atoms with Gasteiger partial charge in [0, 0.05) is 9.97 Å². The van der Waals surface area contributed by atoms with Crippen molar-refractivity contribution in [3.05, 3.63) is 0 Å². The number of halogens is 1. The molecule has 0 spiro atoms. The minimum atomic E-state index is 0.666. The topological polar surface area (TPSA) is 12.0 Å². The van der Waals surface area contributed by atoms with Gasteiger partial charge >= 0.3 is 0 Å². The summed E-state index contributed by atoms with van der Waals surface area (Å²) in [5, 5.41) is 3.32. The van der Waals surface area contributed by atoms with E-state index in [2.05, 4.69) is 62.7 Å². The van der Waals surface area contributed by atoms with Gasteiger partial charge in [0.05, 0.1) is 0 Å². The first-order chi connectivity index (χ1) is 7.06. The van der Waals surface area contributed by atoms with Gasteiger partial charge in [-0.05, 0) is 38.6 Å². The van der Waals surface area contributed by atoms with E-state index in [1.54, 1.807) is 0 Å². The van der Waals surface area contributed by atoms with Gasteiger partial charge in [-0.15, -0.1) is 0 Å². The molecule has 0 rings (SSSR count). The predicted molar refractivity (Wildman–Crippen MR) is 78.8 cm³/mol. The minimum absolute atomic E-state index is 0.666. The van der Waals surface area contributed by atoms with E-state index < -0.39 is 0 Å². The van der Waals surface area contributed by atoms with Gasteiger partial charge in [-0.2, -0.15) is 0 Å². The van der Waals surface area contributed by atoms with Gasteiger partial charge in [-0.1, -0.05) is 56.2 Å². The Balaban J connectivity index is 4.00. The van der Waals surface area contributed by atoms with Crippen LogP contribution >= 0.6 is 22.6 Å². The number of hydrogen-bond donors (Lipinski definition) is 1. The maximum atomic E-state index is 3.32. The maximum Gasteiger partial charge on any atom is 0.0163 e. The SMILES string of the molecule is CCC(C)C(I)C(CC)CCC(C)NC. The molecule has 4 atom stereocenters. The molecule has 0 radical (unpaired) electrons. The Hall–Kier alpha value is 0.690. The zero-order valence-corrected chi connectivity index (χ0v) is 13.2. The van der Waals surface area contributed by atoms with Crippen LogP contribution < -0.4 is 5.32 Å². The second-order valence-corrected chi connectivity index (χ2v) is 6.20. The fourth-order valence-corrected chi connectivity index (χ4v) is 3.26. The highest BCUT2D eigenvalue weighted by Gasteiger charge is 2.21. The molecule has 0 heterocycles. The summed E-state index contributed by atoms with van der Waals surface area (Å²) >= 11 is 2.67. The molecule has 0 aromatic rings. The molecule has 0 amide bonds. The summed E-state index contributed by atoms with van der Waals surface area (Å²) in [5.74, 6) is 1.76. The fourth-order valence-electron chi connectivity index (χ4n) is 1.89. The summed E-state index contributed by atoms with van der Waals surface area (Å²) in [6.07, 6.45) is 5.32. The van der Waals surface area contributed by atoms with Crippen molar-refractivity contribution in [2.75, 3.05) is 7.05 Å².